The predicted octanol–water partition coefficient (Wildman–Crippen LogP) is 3.50. The van der Waals surface area contributed by atoms with Crippen molar-refractivity contribution >= 4 is 29.5 Å². The van der Waals surface area contributed by atoms with Crippen LogP contribution < -0.4 is 15.4 Å². The maximum absolute atomic E-state index is 13.6. The summed E-state index contributed by atoms with van der Waals surface area (Å²) in [5.74, 6) is -0.0749. The summed E-state index contributed by atoms with van der Waals surface area (Å²) in [5.41, 5.74) is 2.52. The SMILES string of the molecule is COc1ccc(CNC(=O)[C@@H](NC(=O)[C@@H]2N3C(=O)c4ccccc4[C@H]3SC2(C)C)C(C)C)cc1. The number of benzene rings is 2. The molecule has 0 bridgehead atoms. The van der Waals surface area contributed by atoms with Crippen molar-refractivity contribution in [2.45, 2.75) is 56.4 Å². The summed E-state index contributed by atoms with van der Waals surface area (Å²) in [5, 5.41) is 5.68. The molecule has 1 fully saturated rings. The Kier molecular flexibility index (Phi) is 6.62. The first kappa shape index (κ1) is 24.1. The van der Waals surface area contributed by atoms with E-state index in [9.17, 15) is 14.4 Å². The van der Waals surface area contributed by atoms with Gasteiger partial charge >= 0.3 is 0 Å². The Morgan fingerprint density at radius 1 is 1.12 bits per heavy atom. The highest BCUT2D eigenvalue weighted by Crippen LogP contribution is 2.56. The van der Waals surface area contributed by atoms with E-state index in [1.165, 1.54) is 0 Å². The minimum Gasteiger partial charge on any atom is -0.497 e. The second kappa shape index (κ2) is 9.33. The smallest absolute Gasteiger partial charge is 0.256 e. The Hall–Kier alpha value is -3.00. The van der Waals surface area contributed by atoms with Gasteiger partial charge in [-0.05, 0) is 49.1 Å². The molecule has 0 spiro atoms. The Morgan fingerprint density at radius 3 is 2.44 bits per heavy atom. The van der Waals surface area contributed by atoms with Crippen LogP contribution >= 0.6 is 11.8 Å². The minimum absolute atomic E-state index is 0.126. The normalized spacial score (nSPS) is 21.1. The number of fused-ring (bicyclic) bond motifs is 3. The van der Waals surface area contributed by atoms with Crippen molar-refractivity contribution in [1.29, 1.82) is 0 Å². The number of nitrogens with one attached hydrogen (secondary N) is 2. The quantitative estimate of drug-likeness (QED) is 0.632. The van der Waals surface area contributed by atoms with Crippen LogP contribution in [0.15, 0.2) is 48.5 Å². The average Bonchev–Trinajstić information content (AvgIpc) is 3.24. The molecule has 2 aliphatic rings. The molecule has 2 heterocycles. The van der Waals surface area contributed by atoms with Crippen LogP contribution in [0.3, 0.4) is 0 Å². The van der Waals surface area contributed by atoms with Crippen LogP contribution in [0.2, 0.25) is 0 Å². The summed E-state index contributed by atoms with van der Waals surface area (Å²) < 4.78 is 4.67. The third-order valence-electron chi connectivity index (χ3n) is 6.42. The molecule has 0 unspecified atom stereocenters. The van der Waals surface area contributed by atoms with Gasteiger partial charge in [-0.15, -0.1) is 11.8 Å². The number of nitrogens with zero attached hydrogens (tertiary/aromatic N) is 1. The van der Waals surface area contributed by atoms with E-state index >= 15 is 0 Å². The number of methoxy groups -OCH3 is 1. The van der Waals surface area contributed by atoms with E-state index in [0.29, 0.717) is 12.1 Å². The molecular formula is C26H31N3O4S. The van der Waals surface area contributed by atoms with Crippen molar-refractivity contribution in [1.82, 2.24) is 15.5 Å². The van der Waals surface area contributed by atoms with Gasteiger partial charge in [-0.1, -0.05) is 44.2 Å². The molecule has 0 aliphatic carbocycles. The van der Waals surface area contributed by atoms with Gasteiger partial charge in [-0.3, -0.25) is 14.4 Å². The van der Waals surface area contributed by atoms with Crippen molar-refractivity contribution in [3.05, 3.63) is 65.2 Å². The number of carbonyl (C=O) groups excluding carboxylic acids is 3. The van der Waals surface area contributed by atoms with Crippen LogP contribution in [0.4, 0.5) is 0 Å². The van der Waals surface area contributed by atoms with Gasteiger partial charge in [0.05, 0.1) is 7.11 Å². The molecule has 0 aromatic heterocycles. The second-order valence-corrected chi connectivity index (χ2v) is 11.3. The van der Waals surface area contributed by atoms with Gasteiger partial charge in [-0.2, -0.15) is 0 Å². The van der Waals surface area contributed by atoms with E-state index in [-0.39, 0.29) is 29.0 Å². The van der Waals surface area contributed by atoms with Gasteiger partial charge in [0.25, 0.3) is 5.91 Å². The van der Waals surface area contributed by atoms with Crippen LogP contribution in [0, 0.1) is 5.92 Å². The van der Waals surface area contributed by atoms with Crippen molar-refractivity contribution < 1.29 is 19.1 Å². The summed E-state index contributed by atoms with van der Waals surface area (Å²) in [6.07, 6.45) is 0. The highest BCUT2D eigenvalue weighted by molar-refractivity contribution is 8.01. The lowest BCUT2D eigenvalue weighted by molar-refractivity contribution is -0.132. The largest absolute Gasteiger partial charge is 0.497 e. The second-order valence-electron chi connectivity index (χ2n) is 9.57. The zero-order valence-electron chi connectivity index (χ0n) is 20.1. The molecule has 0 radical (unpaired) electrons. The van der Waals surface area contributed by atoms with Gasteiger partial charge in [0.15, 0.2) is 0 Å². The van der Waals surface area contributed by atoms with Crippen LogP contribution in [0.5, 0.6) is 5.75 Å². The van der Waals surface area contributed by atoms with Gasteiger partial charge < -0.3 is 20.3 Å². The molecule has 2 aromatic carbocycles. The highest BCUT2D eigenvalue weighted by Gasteiger charge is 2.57. The molecule has 7 nitrogen and oxygen atoms in total. The van der Waals surface area contributed by atoms with E-state index in [2.05, 4.69) is 10.6 Å². The molecule has 3 amide bonds. The molecule has 2 N–H and O–H groups in total. The van der Waals surface area contributed by atoms with Crippen LogP contribution in [-0.2, 0) is 16.1 Å². The van der Waals surface area contributed by atoms with Gasteiger partial charge in [0, 0.05) is 16.9 Å². The zero-order chi connectivity index (χ0) is 24.6. The van der Waals surface area contributed by atoms with Crippen LogP contribution in [0.1, 0.15) is 54.6 Å². The Bertz CT molecular complexity index is 1100. The summed E-state index contributed by atoms with van der Waals surface area (Å²) in [6, 6.07) is 13.6. The summed E-state index contributed by atoms with van der Waals surface area (Å²) in [6.45, 7) is 8.08. The Labute approximate surface area is 204 Å². The van der Waals surface area contributed by atoms with Crippen LogP contribution in [-0.4, -0.2) is 46.6 Å². The number of hydrogen-bond acceptors (Lipinski definition) is 5. The summed E-state index contributed by atoms with van der Waals surface area (Å²) in [7, 11) is 1.60. The summed E-state index contributed by atoms with van der Waals surface area (Å²) in [4.78, 5) is 41.4. The van der Waals surface area contributed by atoms with Crippen molar-refractivity contribution in [3.63, 3.8) is 0 Å². The van der Waals surface area contributed by atoms with Gasteiger partial charge in [0.1, 0.15) is 23.2 Å². The number of rotatable bonds is 7. The average molecular weight is 482 g/mol. The standard InChI is InChI=1S/C26H31N3O4S/c1-15(2)20(22(30)27-14-16-10-12-17(33-5)13-11-16)28-23(31)21-26(3,4)34-25-19-9-7-6-8-18(19)24(32)29(21)25/h6-13,15,20-21,25H,14H2,1-5H3,(H,27,30)(H,28,31)/t20-,21-,25+/m0/s1. The molecule has 3 atom stereocenters. The fourth-order valence-electron chi connectivity index (χ4n) is 4.61. The summed E-state index contributed by atoms with van der Waals surface area (Å²) >= 11 is 1.61. The lowest BCUT2D eigenvalue weighted by atomic mass is 9.98. The number of ether oxygens (including phenoxy) is 1. The monoisotopic (exact) mass is 481 g/mol. The maximum Gasteiger partial charge on any atom is 0.256 e. The van der Waals surface area contributed by atoms with E-state index in [0.717, 1.165) is 16.9 Å². The number of hydrogen-bond donors (Lipinski definition) is 2. The minimum atomic E-state index is -0.717. The lowest BCUT2D eigenvalue weighted by Gasteiger charge is -2.32. The predicted molar refractivity (Wildman–Crippen MR) is 132 cm³/mol. The first-order chi connectivity index (χ1) is 16.1. The molecule has 180 valence electrons. The fraction of sp³-hybridized carbons (Fsp3) is 0.423. The van der Waals surface area contributed by atoms with Gasteiger partial charge in [-0.25, -0.2) is 0 Å². The van der Waals surface area contributed by atoms with Crippen LogP contribution in [0.25, 0.3) is 0 Å². The first-order valence-corrected chi connectivity index (χ1v) is 12.3. The van der Waals surface area contributed by atoms with E-state index in [1.807, 2.05) is 76.2 Å². The topological polar surface area (TPSA) is 87.7 Å². The highest BCUT2D eigenvalue weighted by atomic mass is 32.2. The molecule has 2 aliphatic heterocycles. The number of thioether (sulfide) groups is 1. The van der Waals surface area contributed by atoms with E-state index < -0.39 is 16.8 Å². The molecule has 8 heteroatoms. The number of amides is 3. The Morgan fingerprint density at radius 2 is 1.79 bits per heavy atom. The number of carbonyl (C=O) groups is 3. The molecule has 4 rings (SSSR count). The lowest BCUT2D eigenvalue weighted by Crippen LogP contribution is -2.58. The third kappa shape index (κ3) is 4.39. The third-order valence-corrected chi connectivity index (χ3v) is 7.95. The molecule has 2 aromatic rings. The van der Waals surface area contributed by atoms with Crippen molar-refractivity contribution in [2.24, 2.45) is 5.92 Å². The van der Waals surface area contributed by atoms with Gasteiger partial charge in [0.2, 0.25) is 11.8 Å². The molecule has 34 heavy (non-hydrogen) atoms. The molecular weight excluding hydrogens is 450 g/mol. The molecule has 1 saturated heterocycles. The maximum atomic E-state index is 13.6. The fourth-order valence-corrected chi connectivity index (χ4v) is 6.20. The van der Waals surface area contributed by atoms with Crippen molar-refractivity contribution in [2.75, 3.05) is 7.11 Å². The first-order valence-electron chi connectivity index (χ1n) is 11.4. The molecule has 0 saturated carbocycles. The van der Waals surface area contributed by atoms with Crippen molar-refractivity contribution in [3.8, 4) is 5.75 Å². The Balaban J connectivity index is 1.47. The van der Waals surface area contributed by atoms with E-state index in [4.69, 9.17) is 4.74 Å². The zero-order valence-corrected chi connectivity index (χ0v) is 20.9. The van der Waals surface area contributed by atoms with E-state index in [1.54, 1.807) is 23.8 Å².